The Hall–Kier alpha value is -1.89. The largest absolute Gasteiger partial charge is 0.489 e. The summed E-state index contributed by atoms with van der Waals surface area (Å²) < 4.78 is 30.5. The monoisotopic (exact) mass is 260 g/mol. The minimum atomic E-state index is -1.24. The van der Waals surface area contributed by atoms with Crippen molar-refractivity contribution in [1.82, 2.24) is 0 Å². The molecule has 0 spiro atoms. The number of hydrogen-bond donors (Lipinski definition) is 3. The molecule has 100 valence electrons. The molecule has 0 aliphatic heterocycles. The molecular weight excluding hydrogens is 246 g/mol. The van der Waals surface area contributed by atoms with Crippen LogP contribution in [0, 0.1) is 5.82 Å². The van der Waals surface area contributed by atoms with Gasteiger partial charge in [0.05, 0.1) is 5.69 Å². The lowest BCUT2D eigenvalue weighted by Gasteiger charge is -2.12. The van der Waals surface area contributed by atoms with Gasteiger partial charge in [0.15, 0.2) is 0 Å². The third-order valence-electron chi connectivity index (χ3n) is 2.27. The highest BCUT2D eigenvalue weighted by Crippen LogP contribution is 2.26. The Balaban J connectivity index is 2.93. The van der Waals surface area contributed by atoms with E-state index in [0.717, 1.165) is 6.07 Å². The van der Waals surface area contributed by atoms with Gasteiger partial charge in [-0.2, -0.15) is 0 Å². The summed E-state index contributed by atoms with van der Waals surface area (Å²) in [4.78, 5) is 10.6. The zero-order valence-corrected chi connectivity index (χ0v) is 9.53. The lowest BCUT2D eigenvalue weighted by Crippen LogP contribution is -2.32. The number of ether oxygens (including phenoxy) is 1. The summed E-state index contributed by atoms with van der Waals surface area (Å²) in [6.07, 6.45) is -0.201. The van der Waals surface area contributed by atoms with E-state index in [1.54, 1.807) is 0 Å². The van der Waals surface area contributed by atoms with Gasteiger partial charge in [0.25, 0.3) is 0 Å². The van der Waals surface area contributed by atoms with E-state index in [1.807, 2.05) is 0 Å². The summed E-state index contributed by atoms with van der Waals surface area (Å²) in [5.74, 6) is -1.80. The average Bonchev–Trinajstić information content (AvgIpc) is 2.30. The molecule has 0 aliphatic carbocycles. The van der Waals surface area contributed by atoms with E-state index in [1.165, 1.54) is 6.07 Å². The van der Waals surface area contributed by atoms with Crippen molar-refractivity contribution in [2.45, 2.75) is 12.5 Å². The molecule has 0 saturated heterocycles. The van der Waals surface area contributed by atoms with Crippen LogP contribution >= 0.6 is 0 Å². The average molecular weight is 260 g/mol. The van der Waals surface area contributed by atoms with Crippen LogP contribution < -0.4 is 16.2 Å². The molecule has 0 saturated carbocycles. The molecule has 1 rings (SSSR count). The fourth-order valence-electron chi connectivity index (χ4n) is 1.37. The van der Waals surface area contributed by atoms with E-state index in [0.29, 0.717) is 0 Å². The predicted molar refractivity (Wildman–Crippen MR) is 61.6 cm³/mol. The summed E-state index contributed by atoms with van der Waals surface area (Å²) in [5, 5.41) is 8.65. The number of rotatable bonds is 6. The Morgan fingerprint density at radius 2 is 2.17 bits per heavy atom. The van der Waals surface area contributed by atoms with Crippen LogP contribution in [0.2, 0.25) is 0 Å². The van der Waals surface area contributed by atoms with Crippen molar-refractivity contribution in [1.29, 1.82) is 0 Å². The molecule has 0 bridgehead atoms. The third kappa shape index (κ3) is 3.56. The third-order valence-corrected chi connectivity index (χ3v) is 2.27. The molecule has 0 fully saturated rings. The molecule has 5 N–H and O–H groups in total. The molecule has 1 aromatic carbocycles. The molecule has 0 aromatic heterocycles. The van der Waals surface area contributed by atoms with Crippen LogP contribution in [0.1, 0.15) is 5.56 Å². The van der Waals surface area contributed by atoms with E-state index < -0.39 is 24.5 Å². The number of aliphatic carboxylic acids is 1. The number of carbonyl (C=O) groups is 1. The van der Waals surface area contributed by atoms with Gasteiger partial charge in [0.1, 0.15) is 30.9 Å². The van der Waals surface area contributed by atoms with Crippen molar-refractivity contribution in [3.8, 4) is 5.75 Å². The van der Waals surface area contributed by atoms with E-state index in [4.69, 9.17) is 21.3 Å². The Bertz CT molecular complexity index is 441. The second kappa shape index (κ2) is 6.15. The second-order valence-corrected chi connectivity index (χ2v) is 3.67. The predicted octanol–water partition coefficient (Wildman–Crippen LogP) is 0.711. The van der Waals surface area contributed by atoms with Crippen LogP contribution in [-0.2, 0) is 11.2 Å². The zero-order valence-electron chi connectivity index (χ0n) is 9.53. The van der Waals surface area contributed by atoms with E-state index in [9.17, 15) is 13.6 Å². The number of halogens is 2. The van der Waals surface area contributed by atoms with E-state index in [2.05, 4.69) is 0 Å². The first-order valence-corrected chi connectivity index (χ1v) is 5.20. The van der Waals surface area contributed by atoms with Crippen LogP contribution in [0.25, 0.3) is 0 Å². The minimum absolute atomic E-state index is 0.0218. The maximum Gasteiger partial charge on any atom is 0.320 e. The maximum atomic E-state index is 13.5. The number of carboxylic acids is 1. The van der Waals surface area contributed by atoms with Gasteiger partial charge in [0.2, 0.25) is 0 Å². The van der Waals surface area contributed by atoms with Gasteiger partial charge in [0, 0.05) is 12.5 Å². The zero-order chi connectivity index (χ0) is 13.7. The Morgan fingerprint density at radius 3 is 2.72 bits per heavy atom. The van der Waals surface area contributed by atoms with Crippen molar-refractivity contribution < 1.29 is 23.4 Å². The van der Waals surface area contributed by atoms with Crippen LogP contribution in [0.3, 0.4) is 0 Å². The van der Waals surface area contributed by atoms with Gasteiger partial charge < -0.3 is 21.3 Å². The van der Waals surface area contributed by atoms with Crippen LogP contribution in [0.15, 0.2) is 12.1 Å². The number of alkyl halides is 1. The van der Waals surface area contributed by atoms with Gasteiger partial charge in [-0.05, 0) is 11.6 Å². The first kappa shape index (κ1) is 14.2. The Morgan fingerprint density at radius 1 is 1.50 bits per heavy atom. The molecule has 0 heterocycles. The molecule has 0 amide bonds. The summed E-state index contributed by atoms with van der Waals surface area (Å²) in [5.41, 5.74) is 10.9. The smallest absolute Gasteiger partial charge is 0.320 e. The normalized spacial score (nSPS) is 12.2. The number of anilines is 1. The molecule has 1 atom stereocenters. The molecule has 18 heavy (non-hydrogen) atoms. The number of benzene rings is 1. The fraction of sp³-hybridized carbons (Fsp3) is 0.364. The van der Waals surface area contributed by atoms with E-state index in [-0.39, 0.29) is 30.0 Å². The van der Waals surface area contributed by atoms with Gasteiger partial charge >= 0.3 is 5.97 Å². The Labute approximate surface area is 102 Å². The molecular formula is C11H14F2N2O3. The lowest BCUT2D eigenvalue weighted by molar-refractivity contribution is -0.138. The Kier molecular flexibility index (Phi) is 4.85. The van der Waals surface area contributed by atoms with Crippen LogP contribution in [0.5, 0.6) is 5.75 Å². The van der Waals surface area contributed by atoms with E-state index >= 15 is 0 Å². The van der Waals surface area contributed by atoms with Crippen LogP contribution in [0.4, 0.5) is 14.5 Å². The first-order valence-electron chi connectivity index (χ1n) is 5.20. The molecule has 5 nitrogen and oxygen atoms in total. The summed E-state index contributed by atoms with van der Waals surface area (Å²) in [7, 11) is 0. The quantitative estimate of drug-likeness (QED) is 0.654. The standard InChI is InChI=1S/C11H14F2N2O3/c12-1-2-18-10-4-6(3-9(15)11(16)17)7(13)5-8(10)14/h4-5,9H,1-3,14-15H2,(H,16,17)/t9-/m0/s1. The fourth-order valence-corrected chi connectivity index (χ4v) is 1.37. The molecule has 0 aliphatic rings. The molecule has 7 heteroatoms. The number of hydrogen-bond acceptors (Lipinski definition) is 4. The van der Waals surface area contributed by atoms with Gasteiger partial charge in [-0.25, -0.2) is 8.78 Å². The van der Waals surface area contributed by atoms with Crippen LogP contribution in [-0.4, -0.2) is 30.4 Å². The van der Waals surface area contributed by atoms with Gasteiger partial charge in [-0.3, -0.25) is 4.79 Å². The minimum Gasteiger partial charge on any atom is -0.489 e. The highest BCUT2D eigenvalue weighted by atomic mass is 19.1. The van der Waals surface area contributed by atoms with Gasteiger partial charge in [-0.1, -0.05) is 0 Å². The highest BCUT2D eigenvalue weighted by Gasteiger charge is 2.16. The van der Waals surface area contributed by atoms with Crippen molar-refractivity contribution in [2.75, 3.05) is 19.0 Å². The highest BCUT2D eigenvalue weighted by molar-refractivity contribution is 5.73. The number of nitrogen functional groups attached to an aromatic ring is 1. The van der Waals surface area contributed by atoms with Crippen molar-refractivity contribution in [2.24, 2.45) is 5.73 Å². The molecule has 0 radical (unpaired) electrons. The summed E-state index contributed by atoms with van der Waals surface area (Å²) in [6, 6.07) is 1.01. The first-order chi connectivity index (χ1) is 8.45. The van der Waals surface area contributed by atoms with Crippen molar-refractivity contribution in [3.63, 3.8) is 0 Å². The second-order valence-electron chi connectivity index (χ2n) is 3.67. The summed E-state index contributed by atoms with van der Waals surface area (Å²) in [6.45, 7) is -0.916. The van der Waals surface area contributed by atoms with Crippen molar-refractivity contribution in [3.05, 3.63) is 23.5 Å². The molecule has 1 aromatic rings. The summed E-state index contributed by atoms with van der Waals surface area (Å²) >= 11 is 0. The van der Waals surface area contributed by atoms with Gasteiger partial charge in [-0.15, -0.1) is 0 Å². The van der Waals surface area contributed by atoms with Crippen molar-refractivity contribution >= 4 is 11.7 Å². The SMILES string of the molecule is Nc1cc(F)c(C[C@H](N)C(=O)O)cc1OCCF. The number of nitrogens with two attached hydrogens (primary N) is 2. The topological polar surface area (TPSA) is 98.6 Å². The molecule has 0 unspecified atom stereocenters. The maximum absolute atomic E-state index is 13.5. The lowest BCUT2D eigenvalue weighted by atomic mass is 10.0. The number of carboxylic acid groups (broad SMARTS) is 1.